The second-order valence-electron chi connectivity index (χ2n) is 7.43. The van der Waals surface area contributed by atoms with Crippen molar-refractivity contribution in [1.29, 1.82) is 0 Å². The smallest absolute Gasteiger partial charge is 0.274 e. The number of hydrogen-bond acceptors (Lipinski definition) is 5. The third-order valence-electron chi connectivity index (χ3n) is 4.86. The SMILES string of the molecule is C#CCOc1cc(C(=O)Nc2c(C)cc(Br)cc2C(=O)NC2CC2)n(-c2ncccc2Cl)n1. The van der Waals surface area contributed by atoms with Crippen LogP contribution in [-0.2, 0) is 0 Å². The van der Waals surface area contributed by atoms with E-state index in [1.807, 2.05) is 13.0 Å². The highest BCUT2D eigenvalue weighted by atomic mass is 79.9. The highest BCUT2D eigenvalue weighted by Crippen LogP contribution is 2.29. The van der Waals surface area contributed by atoms with E-state index in [0.29, 0.717) is 21.8 Å². The number of benzene rings is 1. The van der Waals surface area contributed by atoms with Crippen LogP contribution in [0.2, 0.25) is 5.02 Å². The number of rotatable bonds is 7. The molecule has 2 N–H and O–H groups in total. The van der Waals surface area contributed by atoms with Gasteiger partial charge in [-0.05, 0) is 49.6 Å². The normalized spacial score (nSPS) is 12.7. The molecule has 10 heteroatoms. The molecular formula is C23H19BrClN5O3. The number of nitrogens with one attached hydrogen (secondary N) is 2. The molecule has 33 heavy (non-hydrogen) atoms. The summed E-state index contributed by atoms with van der Waals surface area (Å²) in [6, 6.07) is 8.40. The number of hydrogen-bond donors (Lipinski definition) is 2. The molecule has 0 unspecified atom stereocenters. The van der Waals surface area contributed by atoms with Gasteiger partial charge < -0.3 is 15.4 Å². The lowest BCUT2D eigenvalue weighted by Gasteiger charge is -2.15. The Morgan fingerprint density at radius 1 is 1.33 bits per heavy atom. The Morgan fingerprint density at radius 2 is 2.12 bits per heavy atom. The van der Waals surface area contributed by atoms with Crippen LogP contribution >= 0.6 is 27.5 Å². The predicted octanol–water partition coefficient (Wildman–Crippen LogP) is 4.15. The van der Waals surface area contributed by atoms with Crippen LogP contribution in [0.15, 0.2) is 41.0 Å². The average molecular weight is 529 g/mol. The standard InChI is InChI=1S/C23H19BrClN5O3/c1-3-9-33-19-12-18(30(29-19)21-17(25)5-4-8-26-21)23(32)28-20-13(2)10-14(24)11-16(20)22(31)27-15-6-7-15/h1,4-5,8,10-12,15H,6-7,9H2,2H3,(H,27,31)(H,28,32). The average Bonchev–Trinajstić information content (AvgIpc) is 3.49. The second-order valence-corrected chi connectivity index (χ2v) is 8.75. The first-order chi connectivity index (χ1) is 15.9. The first-order valence-corrected chi connectivity index (χ1v) is 11.2. The lowest BCUT2D eigenvalue weighted by atomic mass is 10.1. The Morgan fingerprint density at radius 3 is 2.82 bits per heavy atom. The lowest BCUT2D eigenvalue weighted by Crippen LogP contribution is -2.27. The summed E-state index contributed by atoms with van der Waals surface area (Å²) in [6.07, 6.45) is 8.70. The van der Waals surface area contributed by atoms with Gasteiger partial charge in [0.25, 0.3) is 11.8 Å². The minimum Gasteiger partial charge on any atom is -0.463 e. The van der Waals surface area contributed by atoms with Gasteiger partial charge in [-0.15, -0.1) is 11.5 Å². The quantitative estimate of drug-likeness (QED) is 0.449. The van der Waals surface area contributed by atoms with Gasteiger partial charge in [0.05, 0.1) is 16.3 Å². The van der Waals surface area contributed by atoms with Gasteiger partial charge >= 0.3 is 0 Å². The predicted molar refractivity (Wildman–Crippen MR) is 128 cm³/mol. The Kier molecular flexibility index (Phi) is 6.67. The van der Waals surface area contributed by atoms with Crippen molar-refractivity contribution in [3.63, 3.8) is 0 Å². The number of aryl methyl sites for hydroxylation is 1. The van der Waals surface area contributed by atoms with E-state index in [1.54, 1.807) is 18.2 Å². The zero-order chi connectivity index (χ0) is 23.5. The maximum atomic E-state index is 13.4. The molecule has 2 heterocycles. The third kappa shape index (κ3) is 5.18. The monoisotopic (exact) mass is 527 g/mol. The zero-order valence-corrected chi connectivity index (χ0v) is 19.9. The van der Waals surface area contributed by atoms with Crippen molar-refractivity contribution in [2.45, 2.75) is 25.8 Å². The van der Waals surface area contributed by atoms with Crippen LogP contribution in [0, 0.1) is 19.3 Å². The number of aromatic nitrogens is 3. The van der Waals surface area contributed by atoms with E-state index in [4.69, 9.17) is 22.8 Å². The molecule has 0 atom stereocenters. The number of pyridine rings is 1. The minimum absolute atomic E-state index is 0.0225. The van der Waals surface area contributed by atoms with E-state index >= 15 is 0 Å². The Bertz CT molecular complexity index is 1280. The van der Waals surface area contributed by atoms with E-state index in [9.17, 15) is 9.59 Å². The summed E-state index contributed by atoms with van der Waals surface area (Å²) < 4.78 is 7.41. The maximum absolute atomic E-state index is 13.4. The summed E-state index contributed by atoms with van der Waals surface area (Å²) in [5.74, 6) is 1.97. The second kappa shape index (κ2) is 9.65. The zero-order valence-electron chi connectivity index (χ0n) is 17.6. The number of halogens is 2. The summed E-state index contributed by atoms with van der Waals surface area (Å²) in [5, 5.41) is 10.4. The van der Waals surface area contributed by atoms with Gasteiger partial charge in [0.2, 0.25) is 5.88 Å². The number of anilines is 1. The fourth-order valence-corrected chi connectivity index (χ4v) is 3.93. The summed E-state index contributed by atoms with van der Waals surface area (Å²) in [6.45, 7) is 1.79. The number of ether oxygens (including phenoxy) is 1. The van der Waals surface area contributed by atoms with Crippen LogP contribution in [0.3, 0.4) is 0 Å². The summed E-state index contributed by atoms with van der Waals surface area (Å²) in [4.78, 5) is 30.4. The Balaban J connectivity index is 1.72. The molecule has 2 amide bonds. The molecule has 3 aromatic rings. The molecule has 1 aromatic carbocycles. The number of carbonyl (C=O) groups excluding carboxylic acids is 2. The Labute approximate surface area is 203 Å². The summed E-state index contributed by atoms with van der Waals surface area (Å²) >= 11 is 9.71. The van der Waals surface area contributed by atoms with Crippen molar-refractivity contribution in [2.75, 3.05) is 11.9 Å². The first-order valence-electron chi connectivity index (χ1n) is 10.1. The number of carbonyl (C=O) groups is 2. The van der Waals surface area contributed by atoms with Crippen LogP contribution in [0.5, 0.6) is 5.88 Å². The fourth-order valence-electron chi connectivity index (χ4n) is 3.16. The fraction of sp³-hybridized carbons (Fsp3) is 0.217. The number of amides is 2. The van der Waals surface area contributed by atoms with Crippen LogP contribution < -0.4 is 15.4 Å². The molecule has 0 saturated heterocycles. The van der Waals surface area contributed by atoms with Crippen molar-refractivity contribution in [2.24, 2.45) is 0 Å². The van der Waals surface area contributed by atoms with Crippen LogP contribution in [0.4, 0.5) is 5.69 Å². The molecule has 1 aliphatic carbocycles. The lowest BCUT2D eigenvalue weighted by molar-refractivity contribution is 0.0952. The summed E-state index contributed by atoms with van der Waals surface area (Å²) in [5.41, 5.74) is 1.57. The van der Waals surface area contributed by atoms with Crippen LogP contribution in [0.1, 0.15) is 39.3 Å². The summed E-state index contributed by atoms with van der Waals surface area (Å²) in [7, 11) is 0. The van der Waals surface area contributed by atoms with E-state index < -0.39 is 5.91 Å². The van der Waals surface area contributed by atoms with Crippen LogP contribution in [-0.4, -0.2) is 39.2 Å². The number of nitrogens with zero attached hydrogens (tertiary/aromatic N) is 3. The van der Waals surface area contributed by atoms with Crippen molar-refractivity contribution in [3.05, 3.63) is 62.8 Å². The van der Waals surface area contributed by atoms with Gasteiger partial charge in [0, 0.05) is 22.8 Å². The van der Waals surface area contributed by atoms with Gasteiger partial charge in [-0.3, -0.25) is 9.59 Å². The van der Waals surface area contributed by atoms with Gasteiger partial charge in [-0.2, -0.15) is 0 Å². The molecule has 1 fully saturated rings. The Hall–Kier alpha value is -3.35. The molecule has 168 valence electrons. The molecule has 8 nitrogen and oxygen atoms in total. The topological polar surface area (TPSA) is 98.1 Å². The molecule has 0 spiro atoms. The third-order valence-corrected chi connectivity index (χ3v) is 5.61. The largest absolute Gasteiger partial charge is 0.463 e. The van der Waals surface area contributed by atoms with E-state index in [2.05, 4.69) is 42.6 Å². The molecule has 0 radical (unpaired) electrons. The van der Waals surface area contributed by atoms with Gasteiger partial charge in [-0.25, -0.2) is 9.67 Å². The molecule has 2 aromatic heterocycles. The maximum Gasteiger partial charge on any atom is 0.274 e. The van der Waals surface area contributed by atoms with E-state index in [-0.39, 0.29) is 35.9 Å². The minimum atomic E-state index is -0.523. The molecule has 4 rings (SSSR count). The molecular weight excluding hydrogens is 510 g/mol. The van der Waals surface area contributed by atoms with Crippen molar-refractivity contribution < 1.29 is 14.3 Å². The van der Waals surface area contributed by atoms with Crippen molar-refractivity contribution in [1.82, 2.24) is 20.1 Å². The van der Waals surface area contributed by atoms with Crippen molar-refractivity contribution >= 4 is 45.0 Å². The molecule has 1 saturated carbocycles. The molecule has 0 aliphatic heterocycles. The highest BCUT2D eigenvalue weighted by molar-refractivity contribution is 9.10. The highest BCUT2D eigenvalue weighted by Gasteiger charge is 2.27. The van der Waals surface area contributed by atoms with Gasteiger partial charge in [0.1, 0.15) is 5.69 Å². The van der Waals surface area contributed by atoms with Crippen molar-refractivity contribution in [3.8, 4) is 24.0 Å². The van der Waals surface area contributed by atoms with Gasteiger partial charge in [-0.1, -0.05) is 33.5 Å². The van der Waals surface area contributed by atoms with Gasteiger partial charge in [0.15, 0.2) is 12.4 Å². The first kappa shape index (κ1) is 22.8. The van der Waals surface area contributed by atoms with E-state index in [1.165, 1.54) is 16.9 Å². The van der Waals surface area contributed by atoms with Crippen LogP contribution in [0.25, 0.3) is 5.82 Å². The molecule has 1 aliphatic rings. The molecule has 0 bridgehead atoms. The van der Waals surface area contributed by atoms with E-state index in [0.717, 1.165) is 17.3 Å². The number of terminal acetylenes is 1.